The molecule has 0 amide bonds. The summed E-state index contributed by atoms with van der Waals surface area (Å²) in [6.07, 6.45) is 7.83. The lowest BCUT2D eigenvalue weighted by Gasteiger charge is -2.53. The van der Waals surface area contributed by atoms with Gasteiger partial charge in [-0.05, 0) is 72.6 Å². The van der Waals surface area contributed by atoms with Crippen molar-refractivity contribution in [3.05, 3.63) is 63.9 Å². The van der Waals surface area contributed by atoms with Crippen molar-refractivity contribution >= 4 is 17.2 Å². The highest BCUT2D eigenvalue weighted by Gasteiger charge is 2.44. The molecule has 34 heavy (non-hydrogen) atoms. The number of ketones is 1. The molecule has 174 valence electrons. The predicted molar refractivity (Wildman–Crippen MR) is 134 cm³/mol. The molecule has 0 spiro atoms. The molecule has 1 aliphatic heterocycles. The Labute approximate surface area is 202 Å². The third kappa shape index (κ3) is 2.94. The maximum absolute atomic E-state index is 13.6. The summed E-state index contributed by atoms with van der Waals surface area (Å²) in [6, 6.07) is 10.1. The number of carbonyl (C=O) groups excluding carboxylic acids is 1. The number of carbonyl (C=O) groups is 1. The Hall–Kier alpha value is -2.97. The maximum atomic E-state index is 13.6. The summed E-state index contributed by atoms with van der Waals surface area (Å²) in [6.45, 7) is 10.9. The summed E-state index contributed by atoms with van der Waals surface area (Å²) < 4.78 is 0. The molecule has 2 fully saturated rings. The highest BCUT2D eigenvalue weighted by molar-refractivity contribution is 6.32. The third-order valence-corrected chi connectivity index (χ3v) is 9.18. The zero-order chi connectivity index (χ0) is 23.7. The number of anilines is 1. The summed E-state index contributed by atoms with van der Waals surface area (Å²) in [4.78, 5) is 23.5. The topological polar surface area (TPSA) is 60.2 Å². The molecule has 1 aromatic heterocycles. The molecule has 5 heteroatoms. The lowest BCUT2D eigenvalue weighted by Crippen LogP contribution is -2.60. The molecule has 0 unspecified atom stereocenters. The first-order chi connectivity index (χ1) is 16.4. The first-order valence-electron chi connectivity index (χ1n) is 12.7. The van der Waals surface area contributed by atoms with Gasteiger partial charge in [0.15, 0.2) is 5.78 Å². The van der Waals surface area contributed by atoms with E-state index in [0.29, 0.717) is 11.1 Å². The van der Waals surface area contributed by atoms with Crippen molar-refractivity contribution in [2.45, 2.75) is 63.8 Å². The monoisotopic (exact) mass is 452 g/mol. The van der Waals surface area contributed by atoms with E-state index in [4.69, 9.17) is 4.98 Å². The number of piperazine rings is 1. The third-order valence-electron chi connectivity index (χ3n) is 9.18. The number of pyridine rings is 1. The van der Waals surface area contributed by atoms with Gasteiger partial charge in [-0.15, -0.1) is 0 Å². The van der Waals surface area contributed by atoms with Crippen LogP contribution >= 0.6 is 0 Å². The van der Waals surface area contributed by atoms with E-state index in [9.17, 15) is 10.1 Å². The van der Waals surface area contributed by atoms with Crippen molar-refractivity contribution in [3.63, 3.8) is 0 Å². The minimum absolute atomic E-state index is 0.0755. The Kier molecular flexibility index (Phi) is 4.76. The second-order valence-electron chi connectivity index (χ2n) is 11.0. The van der Waals surface area contributed by atoms with Gasteiger partial charge in [-0.25, -0.2) is 4.98 Å². The molecule has 0 radical (unpaired) electrons. The molecule has 6 rings (SSSR count). The minimum atomic E-state index is -0.262. The normalized spacial score (nSPS) is 22.5. The number of hydrogen-bond acceptors (Lipinski definition) is 5. The van der Waals surface area contributed by atoms with E-state index in [0.717, 1.165) is 66.2 Å². The quantitative estimate of drug-likeness (QED) is 0.663. The van der Waals surface area contributed by atoms with Crippen molar-refractivity contribution in [1.29, 1.82) is 5.26 Å². The van der Waals surface area contributed by atoms with E-state index in [2.05, 4.69) is 42.7 Å². The molecule has 0 atom stereocenters. The zero-order valence-corrected chi connectivity index (χ0v) is 20.4. The van der Waals surface area contributed by atoms with Crippen molar-refractivity contribution in [2.75, 3.05) is 31.1 Å². The fourth-order valence-corrected chi connectivity index (χ4v) is 6.79. The number of Topliss-reactive ketones (excluding diaryl/α,β-unsaturated/α-hetero) is 1. The molecule has 4 aliphatic rings. The number of nitrogens with zero attached hydrogens (tertiary/aromatic N) is 4. The molecule has 5 nitrogen and oxygen atoms in total. The van der Waals surface area contributed by atoms with Gasteiger partial charge in [-0.3, -0.25) is 9.69 Å². The highest BCUT2D eigenvalue weighted by atomic mass is 16.1. The molecule has 1 saturated heterocycles. The molecule has 3 aliphatic carbocycles. The van der Waals surface area contributed by atoms with Crippen molar-refractivity contribution in [2.24, 2.45) is 0 Å². The molecule has 2 aromatic rings. The van der Waals surface area contributed by atoms with Gasteiger partial charge < -0.3 is 4.90 Å². The van der Waals surface area contributed by atoms with Gasteiger partial charge in [0.05, 0.1) is 11.6 Å². The van der Waals surface area contributed by atoms with Crippen LogP contribution in [-0.4, -0.2) is 47.4 Å². The van der Waals surface area contributed by atoms with Gasteiger partial charge in [0.25, 0.3) is 0 Å². The smallest absolute Gasteiger partial charge is 0.195 e. The first kappa shape index (κ1) is 21.6. The molecular weight excluding hydrogens is 420 g/mol. The van der Waals surface area contributed by atoms with Crippen molar-refractivity contribution in [1.82, 2.24) is 9.88 Å². The number of nitriles is 1. The van der Waals surface area contributed by atoms with E-state index < -0.39 is 0 Å². The second kappa shape index (κ2) is 7.52. The van der Waals surface area contributed by atoms with Gasteiger partial charge in [-0.2, -0.15) is 5.26 Å². The summed E-state index contributed by atoms with van der Waals surface area (Å²) in [5.74, 6) is 1.07. The van der Waals surface area contributed by atoms with E-state index in [-0.39, 0.29) is 11.2 Å². The number of benzene rings is 1. The van der Waals surface area contributed by atoms with E-state index >= 15 is 0 Å². The predicted octanol–water partition coefficient (Wildman–Crippen LogP) is 4.89. The lowest BCUT2D eigenvalue weighted by molar-refractivity contribution is 0.00826. The average Bonchev–Trinajstić information content (AvgIpc) is 3.23. The van der Waals surface area contributed by atoms with Crippen molar-refractivity contribution < 1.29 is 4.79 Å². The summed E-state index contributed by atoms with van der Waals surface area (Å²) in [7, 11) is 0. The van der Waals surface area contributed by atoms with Crippen LogP contribution in [0.5, 0.6) is 0 Å². The number of hydrogen-bond donors (Lipinski definition) is 0. The summed E-state index contributed by atoms with van der Waals surface area (Å²) in [5.41, 5.74) is 6.71. The van der Waals surface area contributed by atoms with Crippen LogP contribution in [0.4, 0.5) is 5.82 Å². The lowest BCUT2D eigenvalue weighted by atomic mass is 9.69. The summed E-state index contributed by atoms with van der Waals surface area (Å²) >= 11 is 0. The van der Waals surface area contributed by atoms with Gasteiger partial charge in [0.2, 0.25) is 0 Å². The zero-order valence-electron chi connectivity index (χ0n) is 20.4. The standard InChI is InChI=1S/C29H32N4O/c1-4-29(8-5-9-29)33-12-10-32(11-13-33)25-16-23-22(18-31-25)27(34)26-21-7-6-19(17-30)14-20(21)15-24(26)28(23,2)3/h6-7,14,16,18H,4-5,8-13,15H2,1-3H3. The van der Waals surface area contributed by atoms with Crippen LogP contribution < -0.4 is 4.90 Å². The van der Waals surface area contributed by atoms with E-state index in [1.165, 1.54) is 31.3 Å². The molecule has 1 saturated carbocycles. The van der Waals surface area contributed by atoms with E-state index in [1.807, 2.05) is 24.4 Å². The van der Waals surface area contributed by atoms with Crippen LogP contribution in [0.1, 0.15) is 79.1 Å². The number of fused-ring (bicyclic) bond motifs is 3. The molecular formula is C29H32N4O. The van der Waals surface area contributed by atoms with Gasteiger partial charge in [0.1, 0.15) is 5.82 Å². The Bertz CT molecular complexity index is 1260. The van der Waals surface area contributed by atoms with Gasteiger partial charge >= 0.3 is 0 Å². The van der Waals surface area contributed by atoms with Crippen LogP contribution in [0, 0.1) is 11.3 Å². The van der Waals surface area contributed by atoms with Crippen molar-refractivity contribution in [3.8, 4) is 6.07 Å². The van der Waals surface area contributed by atoms with Crippen LogP contribution in [0.15, 0.2) is 36.0 Å². The summed E-state index contributed by atoms with van der Waals surface area (Å²) in [5, 5.41) is 9.32. The van der Waals surface area contributed by atoms with Gasteiger partial charge in [0, 0.05) is 54.5 Å². The van der Waals surface area contributed by atoms with Crippen LogP contribution in [-0.2, 0) is 11.8 Å². The molecule has 2 heterocycles. The highest BCUT2D eigenvalue weighted by Crippen LogP contribution is 2.50. The Morgan fingerprint density at radius 1 is 1.09 bits per heavy atom. The minimum Gasteiger partial charge on any atom is -0.354 e. The SMILES string of the molecule is CCC1(N2CCN(c3cc4c(cn3)C(=O)C3=C(Cc5cc(C#N)ccc53)C4(C)C)CC2)CCC1. The molecule has 1 aromatic carbocycles. The largest absolute Gasteiger partial charge is 0.354 e. The number of aromatic nitrogens is 1. The van der Waals surface area contributed by atoms with Crippen LogP contribution in [0.25, 0.3) is 5.57 Å². The fourth-order valence-electron chi connectivity index (χ4n) is 6.79. The van der Waals surface area contributed by atoms with Crippen LogP contribution in [0.2, 0.25) is 0 Å². The maximum Gasteiger partial charge on any atom is 0.195 e. The first-order valence-corrected chi connectivity index (χ1v) is 12.7. The molecule has 0 bridgehead atoms. The Morgan fingerprint density at radius 3 is 2.50 bits per heavy atom. The average molecular weight is 453 g/mol. The number of allylic oxidation sites excluding steroid dienone is 2. The molecule has 0 N–H and O–H groups in total. The Balaban J connectivity index is 1.29. The van der Waals surface area contributed by atoms with Crippen LogP contribution in [0.3, 0.4) is 0 Å². The van der Waals surface area contributed by atoms with E-state index in [1.54, 1.807) is 0 Å². The second-order valence-corrected chi connectivity index (χ2v) is 11.0. The Morgan fingerprint density at radius 2 is 1.85 bits per heavy atom. The number of rotatable bonds is 3. The fraction of sp³-hybridized carbons (Fsp3) is 0.483. The van der Waals surface area contributed by atoms with Gasteiger partial charge in [-0.1, -0.05) is 26.8 Å².